The molecule has 2 aromatic heterocycles. The highest BCUT2D eigenvalue weighted by Crippen LogP contribution is 2.46. The number of aromatic nitrogens is 4. The van der Waals surface area contributed by atoms with E-state index in [1.165, 1.54) is 6.07 Å². The summed E-state index contributed by atoms with van der Waals surface area (Å²) in [5.74, 6) is -1.70. The second-order valence-corrected chi connectivity index (χ2v) is 9.42. The Morgan fingerprint density at radius 3 is 2.49 bits per heavy atom. The molecule has 0 radical (unpaired) electrons. The molecular formula is C26H23F2N5O2. The lowest BCUT2D eigenvalue weighted by atomic mass is 9.61. The van der Waals surface area contributed by atoms with Crippen molar-refractivity contribution in [3.63, 3.8) is 0 Å². The molecular weight excluding hydrogens is 452 g/mol. The summed E-state index contributed by atoms with van der Waals surface area (Å²) in [6.45, 7) is 0. The molecule has 178 valence electrons. The van der Waals surface area contributed by atoms with Crippen molar-refractivity contribution in [1.82, 2.24) is 20.2 Å². The number of halogens is 2. The summed E-state index contributed by atoms with van der Waals surface area (Å²) < 4.78 is 28.3. The maximum atomic E-state index is 14.3. The fraction of sp³-hybridized carbons (Fsp3) is 0.308. The zero-order valence-electron chi connectivity index (χ0n) is 18.7. The molecule has 35 heavy (non-hydrogen) atoms. The molecule has 0 unspecified atom stereocenters. The van der Waals surface area contributed by atoms with E-state index in [0.717, 1.165) is 37.3 Å². The van der Waals surface area contributed by atoms with Crippen LogP contribution in [0.4, 0.5) is 14.6 Å². The van der Waals surface area contributed by atoms with Crippen LogP contribution >= 0.6 is 0 Å². The topological polar surface area (TPSA) is 104 Å². The number of hydrogen-bond acceptors (Lipinski definition) is 5. The Hall–Kier alpha value is -3.88. The summed E-state index contributed by atoms with van der Waals surface area (Å²) in [5.41, 5.74) is 1.73. The molecule has 2 bridgehead atoms. The molecule has 2 aromatic carbocycles. The van der Waals surface area contributed by atoms with E-state index in [-0.39, 0.29) is 34.6 Å². The highest BCUT2D eigenvalue weighted by Gasteiger charge is 2.47. The van der Waals surface area contributed by atoms with Crippen molar-refractivity contribution in [2.75, 3.05) is 5.32 Å². The Kier molecular flexibility index (Phi) is 5.20. The number of carbonyl (C=O) groups is 1. The summed E-state index contributed by atoms with van der Waals surface area (Å²) in [5, 5.41) is 20.4. The summed E-state index contributed by atoms with van der Waals surface area (Å²) >= 11 is 0. The molecule has 0 saturated heterocycles. The van der Waals surface area contributed by atoms with Crippen molar-refractivity contribution in [2.24, 2.45) is 17.8 Å². The number of carboxylic acid groups (broad SMARTS) is 1. The van der Waals surface area contributed by atoms with Crippen molar-refractivity contribution in [3.05, 3.63) is 60.2 Å². The lowest BCUT2D eigenvalue weighted by Crippen LogP contribution is -2.51. The highest BCUT2D eigenvalue weighted by molar-refractivity contribution is 5.92. The van der Waals surface area contributed by atoms with E-state index >= 15 is 0 Å². The fourth-order valence-electron chi connectivity index (χ4n) is 5.79. The second-order valence-electron chi connectivity index (χ2n) is 9.42. The SMILES string of the molecule is O=C(O)[C@@H]1C2CCC(CC2)[C@H]1Nc1cc(-c2ccccc2)nc(-c2[nH]nc3c(F)cc(F)cc23)n1. The van der Waals surface area contributed by atoms with Crippen molar-refractivity contribution in [3.8, 4) is 22.8 Å². The molecule has 7 nitrogen and oxygen atoms in total. The summed E-state index contributed by atoms with van der Waals surface area (Å²) in [6.07, 6.45) is 3.83. The molecule has 3 aliphatic carbocycles. The molecule has 2 heterocycles. The number of nitrogens with zero attached hydrogens (tertiary/aromatic N) is 3. The first kappa shape index (κ1) is 21.6. The largest absolute Gasteiger partial charge is 0.481 e. The summed E-state index contributed by atoms with van der Waals surface area (Å²) in [7, 11) is 0. The van der Waals surface area contributed by atoms with Crippen LogP contribution in [-0.4, -0.2) is 37.3 Å². The van der Waals surface area contributed by atoms with Crippen LogP contribution in [0.15, 0.2) is 48.5 Å². The van der Waals surface area contributed by atoms with Gasteiger partial charge in [0.05, 0.1) is 11.6 Å². The fourth-order valence-corrected chi connectivity index (χ4v) is 5.79. The lowest BCUT2D eigenvalue weighted by Gasteiger charge is -2.47. The van der Waals surface area contributed by atoms with Crippen molar-refractivity contribution < 1.29 is 18.7 Å². The summed E-state index contributed by atoms with van der Waals surface area (Å²) in [4.78, 5) is 21.5. The van der Waals surface area contributed by atoms with Crippen LogP contribution < -0.4 is 5.32 Å². The number of H-pyrrole nitrogens is 1. The van der Waals surface area contributed by atoms with Gasteiger partial charge in [0.15, 0.2) is 11.6 Å². The Balaban J connectivity index is 1.47. The third kappa shape index (κ3) is 3.80. The molecule has 3 fully saturated rings. The van der Waals surface area contributed by atoms with Gasteiger partial charge in [0.2, 0.25) is 0 Å². The Morgan fingerprint density at radius 1 is 1.00 bits per heavy atom. The third-order valence-electron chi connectivity index (χ3n) is 7.42. The molecule has 0 spiro atoms. The molecule has 2 atom stereocenters. The number of aromatic amines is 1. The van der Waals surface area contributed by atoms with Crippen LogP contribution in [0.1, 0.15) is 25.7 Å². The minimum atomic E-state index is -0.792. The van der Waals surface area contributed by atoms with E-state index in [9.17, 15) is 18.7 Å². The summed E-state index contributed by atoms with van der Waals surface area (Å²) in [6, 6.07) is 13.0. The molecule has 3 saturated carbocycles. The molecule has 7 rings (SSSR count). The smallest absolute Gasteiger partial charge is 0.308 e. The van der Waals surface area contributed by atoms with Gasteiger partial charge in [-0.2, -0.15) is 5.10 Å². The van der Waals surface area contributed by atoms with Gasteiger partial charge in [-0.15, -0.1) is 0 Å². The van der Waals surface area contributed by atoms with Crippen LogP contribution in [0.3, 0.4) is 0 Å². The first-order valence-electron chi connectivity index (χ1n) is 11.8. The first-order valence-corrected chi connectivity index (χ1v) is 11.8. The number of benzene rings is 2. The molecule has 9 heteroatoms. The average Bonchev–Trinajstić information content (AvgIpc) is 3.29. The number of hydrogen-bond donors (Lipinski definition) is 3. The Morgan fingerprint density at radius 2 is 1.74 bits per heavy atom. The predicted octanol–water partition coefficient (Wildman–Crippen LogP) is 5.27. The van der Waals surface area contributed by atoms with E-state index in [2.05, 4.69) is 25.5 Å². The average molecular weight is 475 g/mol. The van der Waals surface area contributed by atoms with E-state index in [1.54, 1.807) is 6.07 Å². The minimum Gasteiger partial charge on any atom is -0.481 e. The van der Waals surface area contributed by atoms with Crippen LogP contribution in [0.25, 0.3) is 33.7 Å². The number of aliphatic carboxylic acids is 1. The van der Waals surface area contributed by atoms with Gasteiger partial charge in [-0.3, -0.25) is 9.89 Å². The van der Waals surface area contributed by atoms with Crippen molar-refractivity contribution >= 4 is 22.7 Å². The maximum Gasteiger partial charge on any atom is 0.308 e. The normalized spacial score (nSPS) is 23.5. The molecule has 4 aromatic rings. The van der Waals surface area contributed by atoms with Crippen LogP contribution in [0.5, 0.6) is 0 Å². The number of carboxylic acids is 1. The molecule has 3 N–H and O–H groups in total. The van der Waals surface area contributed by atoms with Crippen molar-refractivity contribution in [2.45, 2.75) is 31.7 Å². The molecule has 3 aliphatic rings. The lowest BCUT2D eigenvalue weighted by molar-refractivity contribution is -0.148. The minimum absolute atomic E-state index is 0.000143. The first-order chi connectivity index (χ1) is 17.0. The van der Waals surface area contributed by atoms with Gasteiger partial charge in [-0.05, 0) is 43.6 Å². The Labute approximate surface area is 199 Å². The van der Waals surface area contributed by atoms with Gasteiger partial charge < -0.3 is 10.4 Å². The van der Waals surface area contributed by atoms with Gasteiger partial charge in [0.1, 0.15) is 22.8 Å². The zero-order chi connectivity index (χ0) is 24.1. The van der Waals surface area contributed by atoms with Gasteiger partial charge in [-0.1, -0.05) is 30.3 Å². The van der Waals surface area contributed by atoms with E-state index < -0.39 is 23.5 Å². The highest BCUT2D eigenvalue weighted by atomic mass is 19.1. The predicted molar refractivity (Wildman–Crippen MR) is 126 cm³/mol. The Bertz CT molecular complexity index is 1420. The van der Waals surface area contributed by atoms with E-state index in [4.69, 9.17) is 0 Å². The quantitative estimate of drug-likeness (QED) is 0.364. The number of fused-ring (bicyclic) bond motifs is 4. The standard InChI is InChI=1S/C26H23F2N5O2/c27-16-10-17-23(18(28)11-16)32-33-24(17)25-29-19(13-4-2-1-3-5-13)12-20(31-25)30-22-15-8-6-14(7-9-15)21(22)26(34)35/h1-5,10-12,14-15,21-22H,6-9H2,(H,32,33)(H,34,35)(H,29,30,31)/t14?,15?,21-,22-/m1/s1. The monoisotopic (exact) mass is 475 g/mol. The van der Waals surface area contributed by atoms with Crippen LogP contribution in [-0.2, 0) is 4.79 Å². The van der Waals surface area contributed by atoms with Crippen LogP contribution in [0.2, 0.25) is 0 Å². The number of nitrogens with one attached hydrogen (secondary N) is 2. The molecule has 0 aliphatic heterocycles. The molecule has 0 amide bonds. The van der Waals surface area contributed by atoms with Crippen LogP contribution in [0, 0.1) is 29.4 Å². The van der Waals surface area contributed by atoms with E-state index in [0.29, 0.717) is 17.2 Å². The van der Waals surface area contributed by atoms with Gasteiger partial charge >= 0.3 is 5.97 Å². The third-order valence-corrected chi connectivity index (χ3v) is 7.42. The maximum absolute atomic E-state index is 14.3. The van der Waals surface area contributed by atoms with Gasteiger partial charge in [0.25, 0.3) is 0 Å². The van der Waals surface area contributed by atoms with Crippen molar-refractivity contribution in [1.29, 1.82) is 0 Å². The van der Waals surface area contributed by atoms with E-state index in [1.807, 2.05) is 30.3 Å². The zero-order valence-corrected chi connectivity index (χ0v) is 18.7. The number of rotatable bonds is 5. The van der Waals surface area contributed by atoms with Gasteiger partial charge in [-0.25, -0.2) is 18.7 Å². The number of anilines is 1. The second kappa shape index (κ2) is 8.41. The van der Waals surface area contributed by atoms with Gasteiger partial charge in [0, 0.05) is 29.1 Å².